The summed E-state index contributed by atoms with van der Waals surface area (Å²) < 4.78 is 39.5. The summed E-state index contributed by atoms with van der Waals surface area (Å²) in [5.41, 5.74) is -0.725. The number of hydrogen-bond donors (Lipinski definition) is 1. The Morgan fingerprint density at radius 2 is 1.65 bits per heavy atom. The first-order chi connectivity index (χ1) is 12.1. The number of nitrogens with zero attached hydrogens (tertiary/aromatic N) is 1. The second-order valence-electron chi connectivity index (χ2n) is 6.47. The molecule has 0 bridgehead atoms. The average Bonchev–Trinajstić information content (AvgIpc) is 2.79. The van der Waals surface area contributed by atoms with Crippen molar-refractivity contribution in [3.63, 3.8) is 0 Å². The van der Waals surface area contributed by atoms with E-state index in [1.165, 1.54) is 18.2 Å². The maximum atomic E-state index is 13.2. The van der Waals surface area contributed by atoms with Gasteiger partial charge in [-0.3, -0.25) is 9.69 Å². The van der Waals surface area contributed by atoms with Gasteiger partial charge in [0.15, 0.2) is 0 Å². The summed E-state index contributed by atoms with van der Waals surface area (Å²) in [4.78, 5) is 26.0. The van der Waals surface area contributed by atoms with E-state index in [9.17, 15) is 22.8 Å². The van der Waals surface area contributed by atoms with E-state index >= 15 is 0 Å². The number of nitrogens with one attached hydrogen (secondary N) is 1. The van der Waals surface area contributed by atoms with E-state index in [2.05, 4.69) is 5.32 Å². The summed E-state index contributed by atoms with van der Waals surface area (Å²) in [5.74, 6) is -0.580. The highest BCUT2D eigenvalue weighted by Crippen LogP contribution is 2.34. The third-order valence-corrected chi connectivity index (χ3v) is 4.56. The summed E-state index contributed by atoms with van der Waals surface area (Å²) in [5, 5.41) is 2.60. The van der Waals surface area contributed by atoms with Crippen LogP contribution in [0.4, 0.5) is 18.0 Å². The molecule has 1 atom stereocenters. The molecule has 0 saturated carbocycles. The molecule has 0 radical (unpaired) electrons. The standard InChI is InChI=1S/C19H17F3N2O2/c1-12-7-9-14(10-8-12)18(2)16(25)24(17(26)23-18)11-13-5-3-4-6-15(13)19(20,21)22/h3-10H,11H2,1-2H3,(H,23,26)/t18-/m0/s1. The minimum absolute atomic E-state index is 0.128. The molecule has 1 aliphatic rings. The van der Waals surface area contributed by atoms with Gasteiger partial charge in [-0.2, -0.15) is 13.2 Å². The first-order valence-electron chi connectivity index (χ1n) is 7.99. The Morgan fingerprint density at radius 3 is 2.27 bits per heavy atom. The van der Waals surface area contributed by atoms with Gasteiger partial charge in [0.05, 0.1) is 12.1 Å². The number of rotatable bonds is 3. The van der Waals surface area contributed by atoms with Crippen molar-refractivity contribution in [2.24, 2.45) is 0 Å². The van der Waals surface area contributed by atoms with Crippen LogP contribution in [0, 0.1) is 6.92 Å². The van der Waals surface area contributed by atoms with Crippen LogP contribution in [0.3, 0.4) is 0 Å². The van der Waals surface area contributed by atoms with Crippen molar-refractivity contribution in [3.05, 3.63) is 70.8 Å². The van der Waals surface area contributed by atoms with Gasteiger partial charge >= 0.3 is 12.2 Å². The summed E-state index contributed by atoms with van der Waals surface area (Å²) >= 11 is 0. The van der Waals surface area contributed by atoms with E-state index in [1.807, 2.05) is 19.1 Å². The van der Waals surface area contributed by atoms with Crippen molar-refractivity contribution in [2.45, 2.75) is 32.1 Å². The Labute approximate surface area is 148 Å². The summed E-state index contributed by atoms with van der Waals surface area (Å²) in [6.45, 7) is 3.00. The number of carbonyl (C=O) groups excluding carboxylic acids is 2. The van der Waals surface area contributed by atoms with E-state index in [-0.39, 0.29) is 5.56 Å². The van der Waals surface area contributed by atoms with E-state index in [1.54, 1.807) is 19.1 Å². The second-order valence-corrected chi connectivity index (χ2v) is 6.47. The molecule has 1 aliphatic heterocycles. The lowest BCUT2D eigenvalue weighted by atomic mass is 9.91. The van der Waals surface area contributed by atoms with Crippen molar-refractivity contribution in [1.82, 2.24) is 10.2 Å². The highest BCUT2D eigenvalue weighted by molar-refractivity contribution is 6.07. The molecule has 0 spiro atoms. The van der Waals surface area contributed by atoms with Crippen LogP contribution in [0.1, 0.15) is 29.2 Å². The Balaban J connectivity index is 1.93. The molecule has 2 aromatic carbocycles. The average molecular weight is 362 g/mol. The molecule has 2 aromatic rings. The monoisotopic (exact) mass is 362 g/mol. The van der Waals surface area contributed by atoms with Crippen molar-refractivity contribution in [2.75, 3.05) is 0 Å². The Kier molecular flexibility index (Phi) is 4.26. The van der Waals surface area contributed by atoms with E-state index in [0.29, 0.717) is 5.56 Å². The Hall–Kier alpha value is -2.83. The molecule has 26 heavy (non-hydrogen) atoms. The molecular formula is C19H17F3N2O2. The zero-order valence-corrected chi connectivity index (χ0v) is 14.2. The smallest absolute Gasteiger partial charge is 0.319 e. The number of benzene rings is 2. The molecule has 1 N–H and O–H groups in total. The predicted octanol–water partition coefficient (Wildman–Crippen LogP) is 3.98. The van der Waals surface area contributed by atoms with Crippen LogP contribution in [-0.2, 0) is 23.1 Å². The molecule has 1 heterocycles. The van der Waals surface area contributed by atoms with Crippen LogP contribution < -0.4 is 5.32 Å². The predicted molar refractivity (Wildman–Crippen MR) is 89.1 cm³/mol. The molecule has 0 aliphatic carbocycles. The molecule has 0 aromatic heterocycles. The van der Waals surface area contributed by atoms with Gasteiger partial charge in [-0.25, -0.2) is 4.79 Å². The van der Waals surface area contributed by atoms with Gasteiger partial charge in [-0.1, -0.05) is 48.0 Å². The highest BCUT2D eigenvalue weighted by Gasteiger charge is 2.49. The fraction of sp³-hybridized carbons (Fsp3) is 0.263. The molecule has 4 nitrogen and oxygen atoms in total. The summed E-state index contributed by atoms with van der Waals surface area (Å²) in [6.07, 6.45) is -4.56. The van der Waals surface area contributed by atoms with Crippen LogP contribution in [0.2, 0.25) is 0 Å². The second kappa shape index (κ2) is 6.16. The third-order valence-electron chi connectivity index (χ3n) is 4.56. The van der Waals surface area contributed by atoms with E-state index < -0.39 is 35.8 Å². The lowest BCUT2D eigenvalue weighted by Crippen LogP contribution is -2.40. The van der Waals surface area contributed by atoms with Gasteiger partial charge < -0.3 is 5.32 Å². The van der Waals surface area contributed by atoms with Gasteiger partial charge in [-0.05, 0) is 31.0 Å². The first kappa shape index (κ1) is 18.0. The van der Waals surface area contributed by atoms with Crippen molar-refractivity contribution >= 4 is 11.9 Å². The number of alkyl halides is 3. The molecule has 0 unspecified atom stereocenters. The van der Waals surface area contributed by atoms with E-state index in [4.69, 9.17) is 0 Å². The van der Waals surface area contributed by atoms with Gasteiger partial charge in [0.2, 0.25) is 0 Å². The van der Waals surface area contributed by atoms with Crippen LogP contribution >= 0.6 is 0 Å². The lowest BCUT2D eigenvalue weighted by Gasteiger charge is -2.23. The molecule has 7 heteroatoms. The number of aryl methyl sites for hydroxylation is 1. The van der Waals surface area contributed by atoms with Gasteiger partial charge in [0, 0.05) is 0 Å². The third kappa shape index (κ3) is 3.05. The first-order valence-corrected chi connectivity index (χ1v) is 7.99. The largest absolute Gasteiger partial charge is 0.416 e. The Bertz CT molecular complexity index is 862. The SMILES string of the molecule is Cc1ccc([C@]2(C)NC(=O)N(Cc3ccccc3C(F)(F)F)C2=O)cc1. The normalized spacial score (nSPS) is 20.4. The van der Waals surface area contributed by atoms with Gasteiger partial charge in [-0.15, -0.1) is 0 Å². The zero-order valence-electron chi connectivity index (χ0n) is 14.2. The molecule has 3 amide bonds. The molecule has 3 rings (SSSR count). The molecule has 136 valence electrons. The number of amides is 3. The fourth-order valence-corrected chi connectivity index (χ4v) is 3.03. The highest BCUT2D eigenvalue weighted by atomic mass is 19.4. The van der Waals surface area contributed by atoms with Gasteiger partial charge in [0.25, 0.3) is 5.91 Å². The quantitative estimate of drug-likeness (QED) is 0.840. The van der Waals surface area contributed by atoms with Crippen molar-refractivity contribution < 1.29 is 22.8 Å². The maximum Gasteiger partial charge on any atom is 0.416 e. The topological polar surface area (TPSA) is 49.4 Å². The Morgan fingerprint density at radius 1 is 1.04 bits per heavy atom. The van der Waals surface area contributed by atoms with E-state index in [0.717, 1.165) is 16.5 Å². The number of hydrogen-bond acceptors (Lipinski definition) is 2. The number of urea groups is 1. The molecule has 1 fully saturated rings. The van der Waals surface area contributed by atoms with Crippen molar-refractivity contribution in [3.8, 4) is 0 Å². The zero-order chi connectivity index (χ0) is 19.1. The van der Waals surface area contributed by atoms with Crippen LogP contribution in [0.15, 0.2) is 48.5 Å². The summed E-state index contributed by atoms with van der Waals surface area (Å²) in [7, 11) is 0. The molecular weight excluding hydrogens is 345 g/mol. The van der Waals surface area contributed by atoms with Gasteiger partial charge in [0.1, 0.15) is 5.54 Å². The van der Waals surface area contributed by atoms with Crippen LogP contribution in [0.25, 0.3) is 0 Å². The van der Waals surface area contributed by atoms with Crippen LogP contribution in [0.5, 0.6) is 0 Å². The van der Waals surface area contributed by atoms with Crippen LogP contribution in [-0.4, -0.2) is 16.8 Å². The fourth-order valence-electron chi connectivity index (χ4n) is 3.03. The minimum Gasteiger partial charge on any atom is -0.319 e. The number of imide groups is 1. The summed E-state index contributed by atoms with van der Waals surface area (Å²) in [6, 6.07) is 11.3. The molecule has 1 saturated heterocycles. The van der Waals surface area contributed by atoms with Crippen molar-refractivity contribution in [1.29, 1.82) is 0 Å². The maximum absolute atomic E-state index is 13.2. The minimum atomic E-state index is -4.56. The number of carbonyl (C=O) groups is 2. The lowest BCUT2D eigenvalue weighted by molar-refractivity contribution is -0.139. The number of halogens is 3.